The number of fused-ring (bicyclic) bond motifs is 3. The minimum absolute atomic E-state index is 0.202. The van der Waals surface area contributed by atoms with Gasteiger partial charge in [-0.15, -0.1) is 0 Å². The first-order valence-electron chi connectivity index (χ1n) is 6.91. The van der Waals surface area contributed by atoms with Crippen molar-refractivity contribution in [1.29, 1.82) is 0 Å². The maximum Gasteiger partial charge on any atom is 0.0235 e. The van der Waals surface area contributed by atoms with Crippen LogP contribution in [0.2, 0.25) is 0 Å². The Hall–Kier alpha value is -1.56. The fraction of sp³-hybridized carbons (Fsp3) is 0.333. The van der Waals surface area contributed by atoms with Crippen molar-refractivity contribution in [1.82, 2.24) is 0 Å². The second kappa shape index (κ2) is 3.98. The Morgan fingerprint density at radius 2 is 1.28 bits per heavy atom. The van der Waals surface area contributed by atoms with Gasteiger partial charge in [-0.05, 0) is 34.6 Å². The highest BCUT2D eigenvalue weighted by molar-refractivity contribution is 5.81. The second-order valence-electron chi connectivity index (χ2n) is 5.57. The summed E-state index contributed by atoms with van der Waals surface area (Å²) >= 11 is 0. The van der Waals surface area contributed by atoms with Gasteiger partial charge in [0.25, 0.3) is 0 Å². The molecule has 0 heteroatoms. The highest BCUT2D eigenvalue weighted by atomic mass is 14.5. The molecule has 2 aromatic rings. The summed E-state index contributed by atoms with van der Waals surface area (Å²) in [6, 6.07) is 17.8. The molecule has 92 valence electrons. The van der Waals surface area contributed by atoms with Crippen molar-refractivity contribution in [3.8, 4) is 11.1 Å². The van der Waals surface area contributed by atoms with Gasteiger partial charge in [0.2, 0.25) is 0 Å². The number of hydrogen-bond acceptors (Lipinski definition) is 0. The number of benzene rings is 2. The molecule has 0 amide bonds. The maximum absolute atomic E-state index is 2.35. The lowest BCUT2D eigenvalue weighted by Crippen LogP contribution is -2.30. The van der Waals surface area contributed by atoms with E-state index in [2.05, 4.69) is 69.3 Å². The third kappa shape index (κ3) is 1.26. The summed E-state index contributed by atoms with van der Waals surface area (Å²) < 4.78 is 0. The molecule has 0 bridgehead atoms. The molecule has 0 fully saturated rings. The van der Waals surface area contributed by atoms with Crippen LogP contribution < -0.4 is 0 Å². The van der Waals surface area contributed by atoms with Crippen LogP contribution in [0.4, 0.5) is 0 Å². The Bertz CT molecular complexity index is 533. The first-order chi connectivity index (χ1) is 8.71. The van der Waals surface area contributed by atoms with E-state index in [0.717, 1.165) is 0 Å². The maximum atomic E-state index is 2.35. The van der Waals surface area contributed by atoms with Gasteiger partial charge in [0.15, 0.2) is 0 Å². The van der Waals surface area contributed by atoms with Gasteiger partial charge in [0, 0.05) is 5.41 Å². The molecular formula is C18H20. The molecule has 0 aromatic heterocycles. The molecule has 0 radical (unpaired) electrons. The Labute approximate surface area is 110 Å². The average Bonchev–Trinajstić information content (AvgIpc) is 2.70. The third-order valence-corrected chi connectivity index (χ3v) is 4.65. The van der Waals surface area contributed by atoms with Gasteiger partial charge >= 0.3 is 0 Å². The summed E-state index contributed by atoms with van der Waals surface area (Å²) in [7, 11) is 0. The molecule has 3 rings (SSSR count). The zero-order chi connectivity index (χ0) is 12.8. The fourth-order valence-corrected chi connectivity index (χ4v) is 3.77. The standard InChI is InChI=1S/C18H20/c1-4-18(13(2)3)16-11-7-5-9-14(16)15-10-6-8-12-17(15)18/h5-13H,4H2,1-3H3. The van der Waals surface area contributed by atoms with Gasteiger partial charge in [-0.25, -0.2) is 0 Å². The first kappa shape index (κ1) is 11.5. The molecule has 0 aliphatic heterocycles. The lowest BCUT2D eigenvalue weighted by atomic mass is 9.68. The van der Waals surface area contributed by atoms with Crippen molar-refractivity contribution in [2.75, 3.05) is 0 Å². The van der Waals surface area contributed by atoms with E-state index < -0.39 is 0 Å². The van der Waals surface area contributed by atoms with E-state index in [0.29, 0.717) is 5.92 Å². The normalized spacial score (nSPS) is 15.6. The molecule has 0 heterocycles. The van der Waals surface area contributed by atoms with Gasteiger partial charge in [0.1, 0.15) is 0 Å². The fourth-order valence-electron chi connectivity index (χ4n) is 3.77. The van der Waals surface area contributed by atoms with Crippen LogP contribution in [0.15, 0.2) is 48.5 Å². The van der Waals surface area contributed by atoms with E-state index in [4.69, 9.17) is 0 Å². The van der Waals surface area contributed by atoms with Crippen molar-refractivity contribution in [3.63, 3.8) is 0 Å². The predicted octanol–water partition coefficient (Wildman–Crippen LogP) is 5.02. The molecule has 1 aliphatic rings. The molecule has 0 saturated heterocycles. The highest BCUT2D eigenvalue weighted by Gasteiger charge is 2.43. The summed E-state index contributed by atoms with van der Waals surface area (Å²) in [6.07, 6.45) is 1.17. The average molecular weight is 236 g/mol. The minimum Gasteiger partial charge on any atom is -0.0642 e. The van der Waals surface area contributed by atoms with Crippen molar-refractivity contribution in [3.05, 3.63) is 59.7 Å². The highest BCUT2D eigenvalue weighted by Crippen LogP contribution is 2.54. The second-order valence-corrected chi connectivity index (χ2v) is 5.57. The third-order valence-electron chi connectivity index (χ3n) is 4.65. The smallest absolute Gasteiger partial charge is 0.0235 e. The summed E-state index contributed by atoms with van der Waals surface area (Å²) in [6.45, 7) is 7.02. The number of hydrogen-bond donors (Lipinski definition) is 0. The monoisotopic (exact) mass is 236 g/mol. The Kier molecular flexibility index (Phi) is 2.55. The first-order valence-corrected chi connectivity index (χ1v) is 6.91. The molecule has 0 spiro atoms. The zero-order valence-corrected chi connectivity index (χ0v) is 11.4. The molecule has 0 atom stereocenters. The zero-order valence-electron chi connectivity index (χ0n) is 11.4. The summed E-state index contributed by atoms with van der Waals surface area (Å²) in [4.78, 5) is 0. The van der Waals surface area contributed by atoms with Gasteiger partial charge < -0.3 is 0 Å². The van der Waals surface area contributed by atoms with E-state index in [-0.39, 0.29) is 5.41 Å². The van der Waals surface area contributed by atoms with E-state index in [9.17, 15) is 0 Å². The lowest BCUT2D eigenvalue weighted by Gasteiger charge is -2.35. The van der Waals surface area contributed by atoms with Crippen LogP contribution in [0, 0.1) is 5.92 Å². The summed E-state index contributed by atoms with van der Waals surface area (Å²) in [5, 5.41) is 0. The van der Waals surface area contributed by atoms with E-state index in [1.54, 1.807) is 0 Å². The Morgan fingerprint density at radius 3 is 1.67 bits per heavy atom. The van der Waals surface area contributed by atoms with Crippen LogP contribution in [0.25, 0.3) is 11.1 Å². The van der Waals surface area contributed by atoms with Crippen molar-refractivity contribution >= 4 is 0 Å². The quantitative estimate of drug-likeness (QED) is 0.687. The van der Waals surface area contributed by atoms with Crippen LogP contribution in [0.1, 0.15) is 38.3 Å². The molecule has 1 aliphatic carbocycles. The van der Waals surface area contributed by atoms with E-state index in [1.165, 1.54) is 28.7 Å². The van der Waals surface area contributed by atoms with Crippen LogP contribution >= 0.6 is 0 Å². The van der Waals surface area contributed by atoms with Crippen molar-refractivity contribution < 1.29 is 0 Å². The molecule has 0 unspecified atom stereocenters. The summed E-state index contributed by atoms with van der Waals surface area (Å²) in [5.74, 6) is 0.618. The molecule has 2 aromatic carbocycles. The van der Waals surface area contributed by atoms with Gasteiger partial charge in [-0.3, -0.25) is 0 Å². The predicted molar refractivity (Wildman–Crippen MR) is 77.8 cm³/mol. The van der Waals surface area contributed by atoms with Gasteiger partial charge in [-0.2, -0.15) is 0 Å². The van der Waals surface area contributed by atoms with Crippen LogP contribution in [0.3, 0.4) is 0 Å². The SMILES string of the molecule is CCC1(C(C)C)c2ccccc2-c2ccccc21. The number of rotatable bonds is 2. The van der Waals surface area contributed by atoms with E-state index >= 15 is 0 Å². The van der Waals surface area contributed by atoms with Crippen LogP contribution in [-0.2, 0) is 5.41 Å². The molecular weight excluding hydrogens is 216 g/mol. The van der Waals surface area contributed by atoms with Gasteiger partial charge in [0.05, 0.1) is 0 Å². The largest absolute Gasteiger partial charge is 0.0642 e. The summed E-state index contributed by atoms with van der Waals surface area (Å²) in [5.41, 5.74) is 6.10. The molecule has 0 saturated carbocycles. The van der Waals surface area contributed by atoms with Crippen LogP contribution in [0.5, 0.6) is 0 Å². The minimum atomic E-state index is 0.202. The molecule has 18 heavy (non-hydrogen) atoms. The van der Waals surface area contributed by atoms with Crippen molar-refractivity contribution in [2.45, 2.75) is 32.6 Å². The van der Waals surface area contributed by atoms with Crippen LogP contribution in [-0.4, -0.2) is 0 Å². The topological polar surface area (TPSA) is 0 Å². The van der Waals surface area contributed by atoms with Gasteiger partial charge in [-0.1, -0.05) is 69.3 Å². The van der Waals surface area contributed by atoms with Crippen molar-refractivity contribution in [2.24, 2.45) is 5.92 Å². The molecule has 0 nitrogen and oxygen atoms in total. The lowest BCUT2D eigenvalue weighted by molar-refractivity contribution is 0.366. The Balaban J connectivity index is 2.40. The Morgan fingerprint density at radius 1 is 0.833 bits per heavy atom. The molecule has 0 N–H and O–H groups in total. The van der Waals surface area contributed by atoms with E-state index in [1.807, 2.05) is 0 Å².